The molecule has 2 aliphatic carbocycles. The van der Waals surface area contributed by atoms with Crippen LogP contribution in [0.4, 0.5) is 0 Å². The van der Waals surface area contributed by atoms with Gasteiger partial charge in [0.2, 0.25) is 0 Å². The van der Waals surface area contributed by atoms with E-state index in [9.17, 15) is 0 Å². The molecule has 0 aliphatic heterocycles. The van der Waals surface area contributed by atoms with Crippen LogP contribution in [0.15, 0.2) is 72.8 Å². The lowest BCUT2D eigenvalue weighted by Crippen LogP contribution is -1.99. The average Bonchev–Trinajstić information content (AvgIpc) is 2.43. The van der Waals surface area contributed by atoms with Gasteiger partial charge in [-0.05, 0) is 32.7 Å². The van der Waals surface area contributed by atoms with Gasteiger partial charge in [-0.3, -0.25) is 0 Å². The van der Waals surface area contributed by atoms with E-state index in [-0.39, 0.29) is 0 Å². The van der Waals surface area contributed by atoms with Crippen molar-refractivity contribution in [3.63, 3.8) is 0 Å². The molecule has 4 rings (SSSR count). The Hall–Kier alpha value is -2.34. The standard InChI is InChI=1S/C18H12/c1-3-7-13(8-4-1)17-15-11-12-16(15)18(17)14-9-5-2-6-10-14/h1-12H. The summed E-state index contributed by atoms with van der Waals surface area (Å²) in [7, 11) is 0. The predicted molar refractivity (Wildman–Crippen MR) is 75.0 cm³/mol. The first-order valence-corrected chi connectivity index (χ1v) is 6.23. The van der Waals surface area contributed by atoms with Crippen LogP contribution in [0.25, 0.3) is 22.3 Å². The number of benzene rings is 3. The van der Waals surface area contributed by atoms with Crippen molar-refractivity contribution in [3.05, 3.63) is 83.2 Å². The molecule has 2 aromatic carbocycles. The highest BCUT2D eigenvalue weighted by Gasteiger charge is 2.18. The van der Waals surface area contributed by atoms with E-state index < -0.39 is 0 Å². The molecule has 0 aromatic heterocycles. The summed E-state index contributed by atoms with van der Waals surface area (Å²) in [5.74, 6) is 0. The van der Waals surface area contributed by atoms with Gasteiger partial charge in [0.25, 0.3) is 0 Å². The van der Waals surface area contributed by atoms with Gasteiger partial charge in [0, 0.05) is 0 Å². The maximum Gasteiger partial charge on any atom is -0.00203 e. The van der Waals surface area contributed by atoms with Crippen LogP contribution in [0.3, 0.4) is 0 Å². The molecule has 0 N–H and O–H groups in total. The predicted octanol–water partition coefficient (Wildman–Crippen LogP) is 4.62. The first kappa shape index (κ1) is 9.67. The van der Waals surface area contributed by atoms with E-state index in [0.717, 1.165) is 0 Å². The normalized spacial score (nSPS) is 11.3. The lowest BCUT2D eigenvalue weighted by molar-refractivity contribution is 1.37. The van der Waals surface area contributed by atoms with Gasteiger partial charge in [-0.25, -0.2) is 0 Å². The van der Waals surface area contributed by atoms with Crippen molar-refractivity contribution in [1.82, 2.24) is 0 Å². The second-order valence-corrected chi connectivity index (χ2v) is 4.64. The van der Waals surface area contributed by atoms with Gasteiger partial charge in [-0.1, -0.05) is 72.8 Å². The zero-order chi connectivity index (χ0) is 11.9. The molecule has 2 aromatic rings. The maximum absolute atomic E-state index is 2.21. The third-order valence-electron chi connectivity index (χ3n) is 3.62. The van der Waals surface area contributed by atoms with Crippen molar-refractivity contribution in [1.29, 1.82) is 0 Å². The summed E-state index contributed by atoms with van der Waals surface area (Å²) in [6, 6.07) is 25.7. The largest absolute Gasteiger partial charge is 0.0622 e. The molecule has 0 radical (unpaired) electrons. The van der Waals surface area contributed by atoms with Gasteiger partial charge >= 0.3 is 0 Å². The molecule has 0 heteroatoms. The van der Waals surface area contributed by atoms with Crippen molar-refractivity contribution in [2.45, 2.75) is 0 Å². The highest BCUT2D eigenvalue weighted by molar-refractivity contribution is 5.89. The minimum Gasteiger partial charge on any atom is -0.0622 e. The van der Waals surface area contributed by atoms with Crippen LogP contribution >= 0.6 is 0 Å². The summed E-state index contributed by atoms with van der Waals surface area (Å²) in [5.41, 5.74) is 5.44. The van der Waals surface area contributed by atoms with Crippen molar-refractivity contribution < 1.29 is 0 Å². The molecule has 84 valence electrons. The van der Waals surface area contributed by atoms with Crippen molar-refractivity contribution in [2.24, 2.45) is 0 Å². The van der Waals surface area contributed by atoms with E-state index in [1.165, 1.54) is 32.7 Å². The SMILES string of the molecule is c1ccc(-c2c(-c3ccccc3)c3ccc2=3)cc1. The minimum absolute atomic E-state index is 1.32. The molecule has 0 heterocycles. The molecule has 18 heavy (non-hydrogen) atoms. The topological polar surface area (TPSA) is 0 Å². The van der Waals surface area contributed by atoms with Crippen LogP contribution in [-0.2, 0) is 0 Å². The molecule has 0 atom stereocenters. The number of hydrogen-bond acceptors (Lipinski definition) is 0. The summed E-state index contributed by atoms with van der Waals surface area (Å²) < 4.78 is 0. The maximum atomic E-state index is 2.21. The molecule has 0 fully saturated rings. The minimum atomic E-state index is 1.32. The van der Waals surface area contributed by atoms with Gasteiger partial charge in [0.05, 0.1) is 0 Å². The molecule has 0 spiro atoms. The van der Waals surface area contributed by atoms with E-state index in [1.54, 1.807) is 0 Å². The first-order valence-electron chi connectivity index (χ1n) is 6.23. The van der Waals surface area contributed by atoms with Crippen LogP contribution in [-0.4, -0.2) is 0 Å². The van der Waals surface area contributed by atoms with E-state index in [2.05, 4.69) is 72.8 Å². The number of rotatable bonds is 2. The molecule has 0 bridgehead atoms. The Bertz CT molecular complexity index is 729. The Balaban J connectivity index is 1.97. The van der Waals surface area contributed by atoms with E-state index in [4.69, 9.17) is 0 Å². The van der Waals surface area contributed by atoms with Crippen LogP contribution in [0.5, 0.6) is 0 Å². The lowest BCUT2D eigenvalue weighted by Gasteiger charge is -2.20. The quantitative estimate of drug-likeness (QED) is 0.469. The van der Waals surface area contributed by atoms with Crippen LogP contribution in [0.1, 0.15) is 0 Å². The summed E-state index contributed by atoms with van der Waals surface area (Å²) in [4.78, 5) is 0. The Morgan fingerprint density at radius 2 is 0.778 bits per heavy atom. The molecular formula is C18H12. The summed E-state index contributed by atoms with van der Waals surface area (Å²) in [6.07, 6.45) is 0. The molecule has 0 saturated heterocycles. The Morgan fingerprint density at radius 1 is 0.389 bits per heavy atom. The highest BCUT2D eigenvalue weighted by Crippen LogP contribution is 2.40. The molecule has 0 amide bonds. The van der Waals surface area contributed by atoms with E-state index >= 15 is 0 Å². The van der Waals surface area contributed by atoms with Gasteiger partial charge in [0.15, 0.2) is 0 Å². The van der Waals surface area contributed by atoms with Gasteiger partial charge in [-0.2, -0.15) is 0 Å². The van der Waals surface area contributed by atoms with E-state index in [1.807, 2.05) is 0 Å². The monoisotopic (exact) mass is 228 g/mol. The fourth-order valence-electron chi connectivity index (χ4n) is 2.70. The fourth-order valence-corrected chi connectivity index (χ4v) is 2.70. The molecule has 2 aliphatic rings. The van der Waals surface area contributed by atoms with Crippen LogP contribution < -0.4 is 0 Å². The Morgan fingerprint density at radius 3 is 1.11 bits per heavy atom. The fraction of sp³-hybridized carbons (Fsp3) is 0. The van der Waals surface area contributed by atoms with Crippen LogP contribution in [0.2, 0.25) is 0 Å². The summed E-state index contributed by atoms with van der Waals surface area (Å²) in [6.45, 7) is 0. The van der Waals surface area contributed by atoms with Crippen LogP contribution in [0, 0.1) is 10.4 Å². The number of hydrogen-bond donors (Lipinski definition) is 0. The first-order chi connectivity index (χ1) is 8.95. The molecule has 0 saturated carbocycles. The second kappa shape index (κ2) is 3.58. The molecule has 0 nitrogen and oxygen atoms in total. The third kappa shape index (κ3) is 1.20. The summed E-state index contributed by atoms with van der Waals surface area (Å²) in [5, 5.41) is 2.83. The zero-order valence-electron chi connectivity index (χ0n) is 9.93. The smallest absolute Gasteiger partial charge is 0.00203 e. The van der Waals surface area contributed by atoms with Gasteiger partial charge < -0.3 is 0 Å². The Labute approximate surface area is 106 Å². The van der Waals surface area contributed by atoms with Gasteiger partial charge in [0.1, 0.15) is 0 Å². The Kier molecular flexibility index (Phi) is 1.92. The van der Waals surface area contributed by atoms with Crippen molar-refractivity contribution in [2.75, 3.05) is 0 Å². The zero-order valence-corrected chi connectivity index (χ0v) is 9.93. The van der Waals surface area contributed by atoms with Gasteiger partial charge in [-0.15, -0.1) is 0 Å². The highest BCUT2D eigenvalue weighted by atomic mass is 14.2. The third-order valence-corrected chi connectivity index (χ3v) is 3.62. The molecule has 0 unspecified atom stereocenters. The lowest BCUT2D eigenvalue weighted by atomic mass is 9.83. The summed E-state index contributed by atoms with van der Waals surface area (Å²) >= 11 is 0. The van der Waals surface area contributed by atoms with Crippen molar-refractivity contribution >= 4 is 0 Å². The molecular weight excluding hydrogens is 216 g/mol. The van der Waals surface area contributed by atoms with E-state index in [0.29, 0.717) is 0 Å². The second-order valence-electron chi connectivity index (χ2n) is 4.64. The average molecular weight is 228 g/mol. The van der Waals surface area contributed by atoms with Crippen molar-refractivity contribution in [3.8, 4) is 22.3 Å².